The van der Waals surface area contributed by atoms with Crippen molar-refractivity contribution >= 4 is 15.7 Å². The number of primary amides is 1. The summed E-state index contributed by atoms with van der Waals surface area (Å²) in [5.41, 5.74) is 7.81. The van der Waals surface area contributed by atoms with Crippen LogP contribution in [0.4, 0.5) is 0 Å². The maximum atomic E-state index is 11.9. The average molecular weight is 432 g/mol. The average Bonchev–Trinajstić information content (AvgIpc) is 3.14. The number of rotatable bonds is 9. The van der Waals surface area contributed by atoms with Crippen LogP contribution in [0.15, 0.2) is 53.4 Å². The van der Waals surface area contributed by atoms with Crippen LogP contribution in [0.2, 0.25) is 0 Å². The molecule has 0 bridgehead atoms. The Morgan fingerprint density at radius 1 is 1.13 bits per heavy atom. The standard InChI is InChI=1S/C22H29N3O4S/c1-29-19-7-3-17(4-8-19)14-24-18-13-21(22(23)26)25(15-18)12-11-16-5-9-20(10-6-16)30(2,27)28/h3-10,18,21,24H,11-15H2,1-2H3,(H2,23,26). The minimum Gasteiger partial charge on any atom is -0.497 e. The normalized spacial score (nSPS) is 19.7. The molecular formula is C22H29N3O4S. The SMILES string of the molecule is COc1ccc(CNC2CC(C(N)=O)N(CCc3ccc(S(C)(=O)=O)cc3)C2)cc1. The molecule has 1 heterocycles. The lowest BCUT2D eigenvalue weighted by Gasteiger charge is -2.21. The van der Waals surface area contributed by atoms with Gasteiger partial charge in [-0.2, -0.15) is 0 Å². The van der Waals surface area contributed by atoms with Crippen molar-refractivity contribution in [1.29, 1.82) is 0 Å². The Kier molecular flexibility index (Phi) is 7.12. The largest absolute Gasteiger partial charge is 0.497 e. The Hall–Kier alpha value is -2.42. The lowest BCUT2D eigenvalue weighted by molar-refractivity contribution is -0.122. The Balaban J connectivity index is 1.55. The van der Waals surface area contributed by atoms with Crippen LogP contribution in [0.25, 0.3) is 0 Å². The molecule has 1 amide bonds. The first kappa shape index (κ1) is 22.3. The summed E-state index contributed by atoms with van der Waals surface area (Å²) < 4.78 is 28.4. The molecule has 3 rings (SSSR count). The fourth-order valence-electron chi connectivity index (χ4n) is 3.78. The predicted octanol–water partition coefficient (Wildman–Crippen LogP) is 1.36. The van der Waals surface area contributed by atoms with Crippen molar-refractivity contribution in [3.63, 3.8) is 0 Å². The van der Waals surface area contributed by atoms with E-state index in [0.29, 0.717) is 24.4 Å². The number of carbonyl (C=O) groups excluding carboxylic acids is 1. The van der Waals surface area contributed by atoms with Crippen molar-refractivity contribution in [2.75, 3.05) is 26.5 Å². The van der Waals surface area contributed by atoms with E-state index in [4.69, 9.17) is 10.5 Å². The first-order valence-corrected chi connectivity index (χ1v) is 11.8. The minimum atomic E-state index is -3.20. The van der Waals surface area contributed by atoms with Crippen LogP contribution >= 0.6 is 0 Å². The lowest BCUT2D eigenvalue weighted by Crippen LogP contribution is -2.41. The number of amides is 1. The van der Waals surface area contributed by atoms with Gasteiger partial charge < -0.3 is 15.8 Å². The molecule has 1 aliphatic heterocycles. The van der Waals surface area contributed by atoms with E-state index in [1.165, 1.54) is 6.26 Å². The molecule has 2 aromatic rings. The summed E-state index contributed by atoms with van der Waals surface area (Å²) in [5, 5.41) is 3.52. The first-order valence-electron chi connectivity index (χ1n) is 9.95. The molecule has 0 aliphatic carbocycles. The summed E-state index contributed by atoms with van der Waals surface area (Å²) in [4.78, 5) is 14.4. The molecule has 3 N–H and O–H groups in total. The van der Waals surface area contributed by atoms with E-state index in [1.54, 1.807) is 19.2 Å². The maximum absolute atomic E-state index is 11.9. The Bertz CT molecular complexity index is 959. The minimum absolute atomic E-state index is 0.178. The van der Waals surface area contributed by atoms with Gasteiger partial charge in [0.15, 0.2) is 9.84 Å². The van der Waals surface area contributed by atoms with Gasteiger partial charge in [0.1, 0.15) is 5.75 Å². The van der Waals surface area contributed by atoms with E-state index in [9.17, 15) is 13.2 Å². The smallest absolute Gasteiger partial charge is 0.234 e. The van der Waals surface area contributed by atoms with Crippen LogP contribution in [0.1, 0.15) is 17.5 Å². The highest BCUT2D eigenvalue weighted by Gasteiger charge is 2.34. The van der Waals surface area contributed by atoms with Crippen LogP contribution in [0, 0.1) is 0 Å². The molecule has 2 unspecified atom stereocenters. The van der Waals surface area contributed by atoms with Crippen molar-refractivity contribution in [3.8, 4) is 5.75 Å². The Morgan fingerprint density at radius 2 is 1.77 bits per heavy atom. The predicted molar refractivity (Wildman–Crippen MR) is 116 cm³/mol. The van der Waals surface area contributed by atoms with Gasteiger partial charge in [0.05, 0.1) is 18.0 Å². The lowest BCUT2D eigenvalue weighted by atomic mass is 10.1. The molecule has 1 aliphatic rings. The zero-order valence-electron chi connectivity index (χ0n) is 17.4. The second kappa shape index (κ2) is 9.59. The van der Waals surface area contributed by atoms with E-state index in [-0.39, 0.29) is 18.0 Å². The van der Waals surface area contributed by atoms with Crippen molar-refractivity contribution in [3.05, 3.63) is 59.7 Å². The van der Waals surface area contributed by atoms with Gasteiger partial charge in [0.25, 0.3) is 0 Å². The van der Waals surface area contributed by atoms with Gasteiger partial charge in [0.2, 0.25) is 5.91 Å². The number of methoxy groups -OCH3 is 1. The molecule has 8 heteroatoms. The number of ether oxygens (including phenoxy) is 1. The number of likely N-dealkylation sites (tertiary alicyclic amines) is 1. The third-order valence-electron chi connectivity index (χ3n) is 5.52. The first-order chi connectivity index (χ1) is 14.3. The topological polar surface area (TPSA) is 102 Å². The Morgan fingerprint density at radius 3 is 2.33 bits per heavy atom. The number of benzene rings is 2. The monoisotopic (exact) mass is 431 g/mol. The molecule has 0 saturated carbocycles. The summed E-state index contributed by atoms with van der Waals surface area (Å²) in [6, 6.07) is 14.7. The van der Waals surface area contributed by atoms with Crippen LogP contribution in [-0.4, -0.2) is 57.8 Å². The molecule has 0 radical (unpaired) electrons. The second-order valence-corrected chi connectivity index (χ2v) is 9.76. The third-order valence-corrected chi connectivity index (χ3v) is 6.65. The van der Waals surface area contributed by atoms with Gasteiger partial charge in [-0.15, -0.1) is 0 Å². The number of hydrogen-bond acceptors (Lipinski definition) is 6. The maximum Gasteiger partial charge on any atom is 0.234 e. The molecule has 0 aromatic heterocycles. The van der Waals surface area contributed by atoms with Crippen molar-refractivity contribution in [2.45, 2.75) is 36.4 Å². The van der Waals surface area contributed by atoms with E-state index in [0.717, 1.165) is 29.8 Å². The zero-order valence-corrected chi connectivity index (χ0v) is 18.2. The molecule has 7 nitrogen and oxygen atoms in total. The van der Waals surface area contributed by atoms with Crippen molar-refractivity contribution < 1.29 is 17.9 Å². The highest BCUT2D eigenvalue weighted by atomic mass is 32.2. The fraction of sp³-hybridized carbons (Fsp3) is 0.409. The molecule has 30 heavy (non-hydrogen) atoms. The highest BCUT2D eigenvalue weighted by Crippen LogP contribution is 2.20. The number of nitrogens with zero attached hydrogens (tertiary/aromatic N) is 1. The Labute approximate surface area is 178 Å². The quantitative estimate of drug-likeness (QED) is 0.622. The van der Waals surface area contributed by atoms with E-state index < -0.39 is 9.84 Å². The molecule has 1 fully saturated rings. The van der Waals surface area contributed by atoms with E-state index >= 15 is 0 Å². The molecule has 162 valence electrons. The van der Waals surface area contributed by atoms with Gasteiger partial charge in [-0.05, 0) is 48.2 Å². The second-order valence-electron chi connectivity index (χ2n) is 7.74. The van der Waals surface area contributed by atoms with Gasteiger partial charge in [-0.3, -0.25) is 9.69 Å². The number of hydrogen-bond donors (Lipinski definition) is 2. The van der Waals surface area contributed by atoms with Crippen LogP contribution in [-0.2, 0) is 27.6 Å². The zero-order chi connectivity index (χ0) is 21.7. The summed E-state index contributed by atoms with van der Waals surface area (Å²) >= 11 is 0. The summed E-state index contributed by atoms with van der Waals surface area (Å²) in [5.74, 6) is 0.514. The molecular weight excluding hydrogens is 402 g/mol. The molecule has 2 atom stereocenters. The van der Waals surface area contributed by atoms with E-state index in [2.05, 4.69) is 10.2 Å². The molecule has 2 aromatic carbocycles. The summed E-state index contributed by atoms with van der Waals surface area (Å²) in [7, 11) is -1.55. The van der Waals surface area contributed by atoms with Crippen LogP contribution < -0.4 is 15.8 Å². The molecule has 0 spiro atoms. The van der Waals surface area contributed by atoms with Crippen molar-refractivity contribution in [1.82, 2.24) is 10.2 Å². The van der Waals surface area contributed by atoms with E-state index in [1.807, 2.05) is 36.4 Å². The van der Waals surface area contributed by atoms with Gasteiger partial charge in [-0.25, -0.2) is 8.42 Å². The highest BCUT2D eigenvalue weighted by molar-refractivity contribution is 7.90. The third kappa shape index (κ3) is 5.81. The molecule has 1 saturated heterocycles. The van der Waals surface area contributed by atoms with Crippen molar-refractivity contribution in [2.24, 2.45) is 5.73 Å². The summed E-state index contributed by atoms with van der Waals surface area (Å²) in [6.45, 7) is 2.14. The van der Waals surface area contributed by atoms with Gasteiger partial charge in [-0.1, -0.05) is 24.3 Å². The van der Waals surface area contributed by atoms with Crippen LogP contribution in [0.3, 0.4) is 0 Å². The number of nitrogens with one attached hydrogen (secondary N) is 1. The number of nitrogens with two attached hydrogens (primary N) is 1. The number of carbonyl (C=O) groups is 1. The number of sulfone groups is 1. The van der Waals surface area contributed by atoms with Crippen LogP contribution in [0.5, 0.6) is 5.75 Å². The fourth-order valence-corrected chi connectivity index (χ4v) is 4.41. The summed E-state index contributed by atoms with van der Waals surface area (Å²) in [6.07, 6.45) is 2.60. The van der Waals surface area contributed by atoms with Gasteiger partial charge in [0, 0.05) is 31.9 Å². The van der Waals surface area contributed by atoms with Gasteiger partial charge >= 0.3 is 0 Å².